The third-order valence-electron chi connectivity index (χ3n) is 3.95. The molecule has 0 bridgehead atoms. The molecule has 5 nitrogen and oxygen atoms in total. The number of ether oxygens (including phenoxy) is 1. The molecule has 1 aromatic rings. The molecule has 2 rings (SSSR count). The van der Waals surface area contributed by atoms with Crippen LogP contribution in [-0.4, -0.2) is 29.9 Å². The van der Waals surface area contributed by atoms with E-state index in [0.717, 1.165) is 5.82 Å². The van der Waals surface area contributed by atoms with Crippen LogP contribution in [0.5, 0.6) is 0 Å². The smallest absolute Gasteiger partial charge is 0.229 e. The molecule has 1 aromatic heterocycles. The Balaban J connectivity index is 1.94. The van der Waals surface area contributed by atoms with Crippen LogP contribution in [0.2, 0.25) is 0 Å². The van der Waals surface area contributed by atoms with Crippen molar-refractivity contribution < 1.29 is 9.26 Å². The van der Waals surface area contributed by atoms with Gasteiger partial charge >= 0.3 is 0 Å². The van der Waals surface area contributed by atoms with Crippen molar-refractivity contribution in [1.82, 2.24) is 10.1 Å². The Hall–Kier alpha value is -0.940. The molecule has 1 aliphatic rings. The molecule has 0 saturated heterocycles. The molecule has 1 heterocycles. The zero-order chi connectivity index (χ0) is 13.5. The zero-order valence-corrected chi connectivity index (χ0v) is 11.8. The average Bonchev–Trinajstić information content (AvgIpc) is 2.84. The van der Waals surface area contributed by atoms with Gasteiger partial charge in [0, 0.05) is 19.6 Å². The monoisotopic (exact) mass is 267 g/mol. The molecule has 1 saturated carbocycles. The van der Waals surface area contributed by atoms with Gasteiger partial charge in [0.05, 0.1) is 12.5 Å². The molecule has 0 aliphatic heterocycles. The van der Waals surface area contributed by atoms with Crippen molar-refractivity contribution in [3.05, 3.63) is 11.7 Å². The van der Waals surface area contributed by atoms with E-state index in [1.807, 2.05) is 0 Å². The normalized spacial score (nSPS) is 19.9. The standard InChI is InChI=1S/C14H25N3O2/c1-18-12(10-15)9-13-16-14(17-19-13)11-7-5-3-2-4-6-8-11/h11-12H,2-10,15H2,1H3. The van der Waals surface area contributed by atoms with Crippen molar-refractivity contribution in [1.29, 1.82) is 0 Å². The van der Waals surface area contributed by atoms with Crippen molar-refractivity contribution in [2.75, 3.05) is 13.7 Å². The second-order valence-electron chi connectivity index (χ2n) is 5.39. The van der Waals surface area contributed by atoms with E-state index >= 15 is 0 Å². The summed E-state index contributed by atoms with van der Waals surface area (Å²) in [4.78, 5) is 4.53. The Morgan fingerprint density at radius 2 is 1.95 bits per heavy atom. The number of hydrogen-bond acceptors (Lipinski definition) is 5. The van der Waals surface area contributed by atoms with Crippen LogP contribution in [0.1, 0.15) is 62.6 Å². The molecule has 2 N–H and O–H groups in total. The third-order valence-corrected chi connectivity index (χ3v) is 3.95. The van der Waals surface area contributed by atoms with Gasteiger partial charge in [0.1, 0.15) is 0 Å². The largest absolute Gasteiger partial charge is 0.380 e. The molecule has 1 fully saturated rings. The summed E-state index contributed by atoms with van der Waals surface area (Å²) in [5.41, 5.74) is 5.60. The summed E-state index contributed by atoms with van der Waals surface area (Å²) in [6.45, 7) is 0.470. The summed E-state index contributed by atoms with van der Waals surface area (Å²) >= 11 is 0. The second kappa shape index (κ2) is 7.60. The highest BCUT2D eigenvalue weighted by atomic mass is 16.5. The van der Waals surface area contributed by atoms with Crippen LogP contribution >= 0.6 is 0 Å². The fourth-order valence-electron chi connectivity index (χ4n) is 2.69. The van der Waals surface area contributed by atoms with E-state index in [1.165, 1.54) is 44.9 Å². The summed E-state index contributed by atoms with van der Waals surface area (Å²) in [6.07, 6.45) is 9.53. The minimum absolute atomic E-state index is 0.0365. The summed E-state index contributed by atoms with van der Waals surface area (Å²) in [7, 11) is 1.66. The Morgan fingerprint density at radius 1 is 1.26 bits per heavy atom. The summed E-state index contributed by atoms with van der Waals surface area (Å²) in [6, 6.07) is 0. The third kappa shape index (κ3) is 4.28. The highest BCUT2D eigenvalue weighted by molar-refractivity contribution is 4.97. The lowest BCUT2D eigenvalue weighted by atomic mass is 9.91. The van der Waals surface area contributed by atoms with Crippen LogP contribution in [-0.2, 0) is 11.2 Å². The molecule has 19 heavy (non-hydrogen) atoms. The maximum Gasteiger partial charge on any atom is 0.229 e. The molecule has 0 spiro atoms. The van der Waals surface area contributed by atoms with Gasteiger partial charge in [0.2, 0.25) is 5.89 Å². The average molecular weight is 267 g/mol. The number of methoxy groups -OCH3 is 1. The SMILES string of the molecule is COC(CN)Cc1nc(C2CCCCCCC2)no1. The van der Waals surface area contributed by atoms with E-state index in [2.05, 4.69) is 10.1 Å². The van der Waals surface area contributed by atoms with Crippen molar-refractivity contribution in [3.8, 4) is 0 Å². The lowest BCUT2D eigenvalue weighted by Gasteiger charge is -2.15. The number of rotatable bonds is 5. The number of nitrogens with zero attached hydrogens (tertiary/aromatic N) is 2. The number of aromatic nitrogens is 2. The van der Waals surface area contributed by atoms with Crippen molar-refractivity contribution in [3.63, 3.8) is 0 Å². The molecule has 0 amide bonds. The molecule has 0 aromatic carbocycles. The van der Waals surface area contributed by atoms with Crippen LogP contribution in [0.15, 0.2) is 4.52 Å². The van der Waals surface area contributed by atoms with Crippen LogP contribution in [0.3, 0.4) is 0 Å². The molecule has 108 valence electrons. The van der Waals surface area contributed by atoms with Gasteiger partial charge in [-0.1, -0.05) is 37.3 Å². The Labute approximate surface area is 114 Å². The van der Waals surface area contributed by atoms with Gasteiger partial charge in [-0.2, -0.15) is 4.98 Å². The first-order chi connectivity index (χ1) is 9.33. The zero-order valence-electron chi connectivity index (χ0n) is 11.8. The van der Waals surface area contributed by atoms with Crippen LogP contribution in [0, 0.1) is 0 Å². The molecular formula is C14H25N3O2. The van der Waals surface area contributed by atoms with Crippen LogP contribution in [0.25, 0.3) is 0 Å². The molecule has 5 heteroatoms. The highest BCUT2D eigenvalue weighted by Gasteiger charge is 2.20. The first-order valence-electron chi connectivity index (χ1n) is 7.38. The van der Waals surface area contributed by atoms with Gasteiger partial charge in [-0.05, 0) is 12.8 Å². The maximum atomic E-state index is 5.60. The topological polar surface area (TPSA) is 74.2 Å². The van der Waals surface area contributed by atoms with Crippen molar-refractivity contribution in [2.45, 2.75) is 63.4 Å². The van der Waals surface area contributed by atoms with Crippen LogP contribution < -0.4 is 5.73 Å². The van der Waals surface area contributed by atoms with Crippen molar-refractivity contribution >= 4 is 0 Å². The van der Waals surface area contributed by atoms with E-state index in [9.17, 15) is 0 Å². The predicted octanol–water partition coefficient (Wildman–Crippen LogP) is 2.41. The fourth-order valence-corrected chi connectivity index (χ4v) is 2.69. The fraction of sp³-hybridized carbons (Fsp3) is 0.857. The first-order valence-corrected chi connectivity index (χ1v) is 7.38. The molecule has 1 unspecified atom stereocenters. The molecule has 0 radical (unpaired) electrons. The molecular weight excluding hydrogens is 242 g/mol. The Kier molecular flexibility index (Phi) is 5.79. The summed E-state index contributed by atoms with van der Waals surface area (Å²) in [5, 5.41) is 4.15. The minimum Gasteiger partial charge on any atom is -0.380 e. The Bertz CT molecular complexity index is 355. The summed E-state index contributed by atoms with van der Waals surface area (Å²) < 4.78 is 10.6. The van der Waals surface area contributed by atoms with E-state index in [-0.39, 0.29) is 6.10 Å². The van der Waals surface area contributed by atoms with E-state index in [4.69, 9.17) is 15.0 Å². The van der Waals surface area contributed by atoms with E-state index in [1.54, 1.807) is 7.11 Å². The predicted molar refractivity (Wildman–Crippen MR) is 72.9 cm³/mol. The van der Waals surface area contributed by atoms with Crippen LogP contribution in [0.4, 0.5) is 0 Å². The lowest BCUT2D eigenvalue weighted by molar-refractivity contribution is 0.102. The quantitative estimate of drug-likeness (QED) is 0.886. The number of hydrogen-bond donors (Lipinski definition) is 1. The van der Waals surface area contributed by atoms with Gasteiger partial charge in [-0.15, -0.1) is 0 Å². The minimum atomic E-state index is -0.0365. The van der Waals surface area contributed by atoms with E-state index in [0.29, 0.717) is 24.8 Å². The molecule has 1 aliphatic carbocycles. The second-order valence-corrected chi connectivity index (χ2v) is 5.39. The van der Waals surface area contributed by atoms with E-state index < -0.39 is 0 Å². The van der Waals surface area contributed by atoms with Gasteiger partial charge in [0.25, 0.3) is 0 Å². The van der Waals surface area contributed by atoms with Gasteiger partial charge in [-0.25, -0.2) is 0 Å². The summed E-state index contributed by atoms with van der Waals surface area (Å²) in [5.74, 6) is 2.00. The highest BCUT2D eigenvalue weighted by Crippen LogP contribution is 2.29. The first kappa shape index (κ1) is 14.5. The number of nitrogens with two attached hydrogens (primary N) is 1. The maximum absolute atomic E-state index is 5.60. The van der Waals surface area contributed by atoms with Gasteiger partial charge in [-0.3, -0.25) is 0 Å². The molecule has 1 atom stereocenters. The lowest BCUT2D eigenvalue weighted by Crippen LogP contribution is -2.24. The van der Waals surface area contributed by atoms with Gasteiger partial charge < -0.3 is 15.0 Å². The van der Waals surface area contributed by atoms with Crippen molar-refractivity contribution in [2.24, 2.45) is 5.73 Å². The Morgan fingerprint density at radius 3 is 2.58 bits per heavy atom. The van der Waals surface area contributed by atoms with Gasteiger partial charge in [0.15, 0.2) is 5.82 Å².